The zero-order chi connectivity index (χ0) is 7.44. The molecule has 0 aromatic carbocycles. The van der Waals surface area contributed by atoms with E-state index >= 15 is 0 Å². The fourth-order valence-corrected chi connectivity index (χ4v) is 0.486. The van der Waals surface area contributed by atoms with Gasteiger partial charge in [0, 0.05) is 0 Å². The molecule has 1 atom stereocenters. The van der Waals surface area contributed by atoms with Gasteiger partial charge < -0.3 is 15.3 Å². The van der Waals surface area contributed by atoms with E-state index in [2.05, 4.69) is 0 Å². The van der Waals surface area contributed by atoms with Crippen molar-refractivity contribution < 1.29 is 23.7 Å². The summed E-state index contributed by atoms with van der Waals surface area (Å²) in [5, 5.41) is 23.6. The topological polar surface area (TPSA) is 94.8 Å². The largest absolute Gasteiger partial charge is 0.393 e. The van der Waals surface area contributed by atoms with Gasteiger partial charge in [0.25, 0.3) is 0 Å². The van der Waals surface area contributed by atoms with E-state index in [1.807, 2.05) is 0 Å². The van der Waals surface area contributed by atoms with Gasteiger partial charge in [0.1, 0.15) is 6.10 Å². The standard InChI is InChI=1S/C3H6O5S/c4-1-2(5)3(6)9(7)8/h2,4-6H,1H2. The van der Waals surface area contributed by atoms with Crippen LogP contribution in [0.1, 0.15) is 0 Å². The lowest BCUT2D eigenvalue weighted by molar-refractivity contribution is 0.133. The summed E-state index contributed by atoms with van der Waals surface area (Å²) in [7, 11) is -2.83. The normalized spacial score (nSPS) is 12.8. The van der Waals surface area contributed by atoms with E-state index in [9.17, 15) is 8.42 Å². The van der Waals surface area contributed by atoms with Crippen LogP contribution in [0.25, 0.3) is 0 Å². The van der Waals surface area contributed by atoms with Crippen molar-refractivity contribution in [3.05, 3.63) is 0 Å². The molecule has 5 nitrogen and oxygen atoms in total. The summed E-state index contributed by atoms with van der Waals surface area (Å²) in [6.07, 6.45) is -1.69. The summed E-state index contributed by atoms with van der Waals surface area (Å²) in [5.74, 6) is 0. The van der Waals surface area contributed by atoms with E-state index in [-0.39, 0.29) is 0 Å². The molecule has 0 heterocycles. The summed E-state index contributed by atoms with van der Waals surface area (Å²) in [6, 6.07) is 0. The van der Waals surface area contributed by atoms with Gasteiger partial charge in [-0.05, 0) is 0 Å². The van der Waals surface area contributed by atoms with Crippen LogP contribution in [0.3, 0.4) is 0 Å². The predicted octanol–water partition coefficient (Wildman–Crippen LogP) is -2.09. The molecule has 6 heteroatoms. The molecule has 0 aliphatic carbocycles. The van der Waals surface area contributed by atoms with Crippen LogP contribution in [0, 0.1) is 0 Å². The second kappa shape index (κ2) is 3.57. The number of hydrogen-bond donors (Lipinski definition) is 3. The monoisotopic (exact) mass is 154 g/mol. The molecule has 0 aliphatic rings. The second-order valence-corrected chi connectivity index (χ2v) is 2.16. The van der Waals surface area contributed by atoms with Crippen LogP contribution < -0.4 is 0 Å². The summed E-state index contributed by atoms with van der Waals surface area (Å²) in [4.78, 5) is 0. The quantitative estimate of drug-likeness (QED) is 0.396. The molecule has 0 bridgehead atoms. The smallest absolute Gasteiger partial charge is 0.243 e. The molecule has 54 valence electrons. The molecule has 0 aliphatic heterocycles. The van der Waals surface area contributed by atoms with E-state index in [0.29, 0.717) is 0 Å². The van der Waals surface area contributed by atoms with Gasteiger partial charge in [-0.15, -0.1) is 0 Å². The van der Waals surface area contributed by atoms with Crippen molar-refractivity contribution >= 4 is 15.3 Å². The van der Waals surface area contributed by atoms with Crippen LogP contribution in [-0.2, 0) is 10.3 Å². The lowest BCUT2D eigenvalue weighted by atomic mass is 10.4. The third-order valence-corrected chi connectivity index (χ3v) is 1.24. The number of aliphatic hydroxyl groups is 3. The number of aliphatic hydroxyl groups excluding tert-OH is 3. The van der Waals surface area contributed by atoms with Crippen molar-refractivity contribution in [2.45, 2.75) is 6.10 Å². The first kappa shape index (κ1) is 8.57. The molecule has 0 spiro atoms. The maximum absolute atomic E-state index is 9.74. The highest BCUT2D eigenvalue weighted by Gasteiger charge is 2.08. The van der Waals surface area contributed by atoms with Gasteiger partial charge in [0.2, 0.25) is 15.3 Å². The zero-order valence-corrected chi connectivity index (χ0v) is 5.17. The third-order valence-electron chi connectivity index (χ3n) is 0.629. The minimum Gasteiger partial charge on any atom is -0.393 e. The molecule has 0 saturated heterocycles. The Balaban J connectivity index is 4.40. The van der Waals surface area contributed by atoms with E-state index < -0.39 is 28.1 Å². The lowest BCUT2D eigenvalue weighted by Gasteiger charge is -1.98. The second-order valence-electron chi connectivity index (χ2n) is 1.27. The average Bonchev–Trinajstić information content (AvgIpc) is 1.84. The number of hydrogen-bond acceptors (Lipinski definition) is 4. The zero-order valence-electron chi connectivity index (χ0n) is 4.35. The molecule has 0 saturated carbocycles. The fourth-order valence-electron chi connectivity index (χ4n) is 0.189. The summed E-state index contributed by atoms with van der Waals surface area (Å²) < 4.78 is 19.5. The van der Waals surface area contributed by atoms with Gasteiger partial charge in [-0.2, -0.15) is 8.42 Å². The Morgan fingerprint density at radius 1 is 1.56 bits per heavy atom. The number of rotatable bonds is 2. The van der Waals surface area contributed by atoms with Gasteiger partial charge in [0.15, 0.2) is 0 Å². The van der Waals surface area contributed by atoms with Gasteiger partial charge in [-0.25, -0.2) is 0 Å². The Morgan fingerprint density at radius 3 is 2.11 bits per heavy atom. The van der Waals surface area contributed by atoms with Crippen molar-refractivity contribution in [1.82, 2.24) is 0 Å². The molecule has 9 heavy (non-hydrogen) atoms. The lowest BCUT2D eigenvalue weighted by Crippen LogP contribution is -2.24. The van der Waals surface area contributed by atoms with Crippen LogP contribution in [0.4, 0.5) is 0 Å². The predicted molar refractivity (Wildman–Crippen MR) is 29.6 cm³/mol. The Labute approximate surface area is 52.7 Å². The minimum absolute atomic E-state index is 0.806. The Morgan fingerprint density at radius 2 is 2.00 bits per heavy atom. The van der Waals surface area contributed by atoms with Gasteiger partial charge in [0.05, 0.1) is 6.61 Å². The Hall–Kier alpha value is -0.430. The molecule has 1 unspecified atom stereocenters. The van der Waals surface area contributed by atoms with Crippen molar-refractivity contribution in [2.24, 2.45) is 0 Å². The fraction of sp³-hybridized carbons (Fsp3) is 0.667. The summed E-state index contributed by atoms with van der Waals surface area (Å²) in [5.41, 5.74) is 0. The van der Waals surface area contributed by atoms with Crippen molar-refractivity contribution in [3.63, 3.8) is 0 Å². The van der Waals surface area contributed by atoms with E-state index in [1.54, 1.807) is 0 Å². The van der Waals surface area contributed by atoms with Crippen LogP contribution in [0.5, 0.6) is 0 Å². The summed E-state index contributed by atoms with van der Waals surface area (Å²) in [6.45, 7) is -0.806. The molecule has 0 radical (unpaired) electrons. The van der Waals surface area contributed by atoms with E-state index in [0.717, 1.165) is 0 Å². The molecular formula is C3H6O5S. The molecule has 0 aromatic rings. The SMILES string of the molecule is O=S(=O)=C(O)C(O)CO. The molecule has 0 amide bonds. The van der Waals surface area contributed by atoms with Crippen LogP contribution in [0.2, 0.25) is 0 Å². The highest BCUT2D eigenvalue weighted by Crippen LogP contribution is 1.78. The molecule has 3 N–H and O–H groups in total. The van der Waals surface area contributed by atoms with Crippen molar-refractivity contribution in [1.29, 1.82) is 0 Å². The maximum Gasteiger partial charge on any atom is 0.243 e. The maximum atomic E-state index is 9.74. The highest BCUT2D eigenvalue weighted by atomic mass is 32.2. The molecule has 0 rings (SSSR count). The minimum atomic E-state index is -2.83. The Bertz CT molecular complexity index is 194. The van der Waals surface area contributed by atoms with E-state index in [4.69, 9.17) is 15.3 Å². The van der Waals surface area contributed by atoms with Crippen molar-refractivity contribution in [3.8, 4) is 0 Å². The first-order chi connectivity index (χ1) is 4.09. The summed E-state index contributed by atoms with van der Waals surface area (Å²) >= 11 is 0. The molecule has 0 fully saturated rings. The van der Waals surface area contributed by atoms with Gasteiger partial charge >= 0.3 is 0 Å². The van der Waals surface area contributed by atoms with E-state index in [1.165, 1.54) is 0 Å². The molecule has 0 aromatic heterocycles. The van der Waals surface area contributed by atoms with Crippen molar-refractivity contribution in [2.75, 3.05) is 6.61 Å². The average molecular weight is 154 g/mol. The third kappa shape index (κ3) is 2.56. The van der Waals surface area contributed by atoms with Gasteiger partial charge in [-0.1, -0.05) is 0 Å². The first-order valence-corrected chi connectivity index (χ1v) is 3.11. The first-order valence-electron chi connectivity index (χ1n) is 2.03. The van der Waals surface area contributed by atoms with Crippen LogP contribution >= 0.6 is 0 Å². The highest BCUT2D eigenvalue weighted by molar-refractivity contribution is 7.72. The Kier molecular flexibility index (Phi) is 3.40. The van der Waals surface area contributed by atoms with Gasteiger partial charge in [-0.3, -0.25) is 0 Å². The van der Waals surface area contributed by atoms with Crippen LogP contribution in [-0.4, -0.2) is 41.5 Å². The molecular weight excluding hydrogens is 148 g/mol. The van der Waals surface area contributed by atoms with Crippen LogP contribution in [0.15, 0.2) is 0 Å².